The Morgan fingerprint density at radius 1 is 1.15 bits per heavy atom. The zero-order valence-corrected chi connectivity index (χ0v) is 18.0. The third-order valence-corrected chi connectivity index (χ3v) is 6.04. The predicted octanol–water partition coefficient (Wildman–Crippen LogP) is 4.14. The Kier molecular flexibility index (Phi) is 6.84. The lowest BCUT2D eigenvalue weighted by Crippen LogP contribution is -2.32. The first-order valence-electron chi connectivity index (χ1n) is 8.80. The van der Waals surface area contributed by atoms with Crippen molar-refractivity contribution in [1.82, 2.24) is 5.32 Å². The summed E-state index contributed by atoms with van der Waals surface area (Å²) in [5.41, 5.74) is 5.02. The fourth-order valence-corrected chi connectivity index (χ4v) is 3.46. The van der Waals surface area contributed by atoms with Crippen LogP contribution >= 0.6 is 12.2 Å². The standard InChI is InChI=1S/C20H27N3O2S2/c1-6-19(16-11-10-14(2)15(3)12-16)22-20(26)21-17-8-7-9-18(13-17)23(4)27(5,24)25/h7-13,19H,6H2,1-5H3,(H2,21,22,26)/t19-/m0/s1. The Morgan fingerprint density at radius 2 is 1.85 bits per heavy atom. The summed E-state index contributed by atoms with van der Waals surface area (Å²) in [6.07, 6.45) is 2.07. The van der Waals surface area contributed by atoms with E-state index in [1.54, 1.807) is 18.2 Å². The largest absolute Gasteiger partial charge is 0.356 e. The van der Waals surface area contributed by atoms with Gasteiger partial charge in [-0.2, -0.15) is 0 Å². The number of rotatable bonds is 6. The van der Waals surface area contributed by atoms with Crippen LogP contribution in [0.25, 0.3) is 0 Å². The molecule has 0 amide bonds. The molecule has 2 N–H and O–H groups in total. The van der Waals surface area contributed by atoms with Gasteiger partial charge in [-0.1, -0.05) is 31.2 Å². The summed E-state index contributed by atoms with van der Waals surface area (Å²) in [5, 5.41) is 6.99. The molecular weight excluding hydrogens is 378 g/mol. The predicted molar refractivity (Wildman–Crippen MR) is 118 cm³/mol. The van der Waals surface area contributed by atoms with Gasteiger partial charge in [0.2, 0.25) is 10.0 Å². The van der Waals surface area contributed by atoms with Crippen LogP contribution in [-0.2, 0) is 10.0 Å². The molecule has 0 heterocycles. The Balaban J connectivity index is 2.11. The Morgan fingerprint density at radius 3 is 2.44 bits per heavy atom. The van der Waals surface area contributed by atoms with Crippen molar-refractivity contribution in [3.8, 4) is 0 Å². The van der Waals surface area contributed by atoms with Crippen molar-refractivity contribution in [1.29, 1.82) is 0 Å². The first-order chi connectivity index (χ1) is 12.6. The molecule has 27 heavy (non-hydrogen) atoms. The van der Waals surface area contributed by atoms with Gasteiger partial charge in [0.15, 0.2) is 5.11 Å². The van der Waals surface area contributed by atoms with Crippen LogP contribution in [0.5, 0.6) is 0 Å². The molecule has 0 saturated carbocycles. The second kappa shape index (κ2) is 8.71. The molecule has 2 aromatic carbocycles. The molecule has 0 aliphatic carbocycles. The highest BCUT2D eigenvalue weighted by molar-refractivity contribution is 7.92. The van der Waals surface area contributed by atoms with Crippen molar-refractivity contribution in [2.24, 2.45) is 0 Å². The fraction of sp³-hybridized carbons (Fsp3) is 0.350. The average molecular weight is 406 g/mol. The van der Waals surface area contributed by atoms with Crippen molar-refractivity contribution in [3.63, 3.8) is 0 Å². The molecule has 0 saturated heterocycles. The van der Waals surface area contributed by atoms with Gasteiger partial charge in [0.25, 0.3) is 0 Å². The normalized spacial score (nSPS) is 12.3. The molecular formula is C20H27N3O2S2. The van der Waals surface area contributed by atoms with Crippen molar-refractivity contribution in [2.75, 3.05) is 22.9 Å². The highest BCUT2D eigenvalue weighted by Crippen LogP contribution is 2.22. The summed E-state index contributed by atoms with van der Waals surface area (Å²) in [4.78, 5) is 0. The van der Waals surface area contributed by atoms with Crippen LogP contribution in [0.2, 0.25) is 0 Å². The highest BCUT2D eigenvalue weighted by atomic mass is 32.2. The van der Waals surface area contributed by atoms with Gasteiger partial charge in [-0.05, 0) is 67.4 Å². The van der Waals surface area contributed by atoms with Gasteiger partial charge in [-0.3, -0.25) is 4.31 Å². The summed E-state index contributed by atoms with van der Waals surface area (Å²) in [6.45, 7) is 6.31. The molecule has 0 aromatic heterocycles. The molecule has 0 aliphatic rings. The van der Waals surface area contributed by atoms with Crippen LogP contribution < -0.4 is 14.9 Å². The van der Waals surface area contributed by atoms with E-state index < -0.39 is 10.0 Å². The van der Waals surface area contributed by atoms with Crippen molar-refractivity contribution in [2.45, 2.75) is 33.2 Å². The molecule has 0 spiro atoms. The zero-order valence-electron chi connectivity index (χ0n) is 16.4. The van der Waals surface area contributed by atoms with Crippen molar-refractivity contribution >= 4 is 38.7 Å². The monoisotopic (exact) mass is 405 g/mol. The summed E-state index contributed by atoms with van der Waals surface area (Å²) in [5.74, 6) is 0. The fourth-order valence-electron chi connectivity index (χ4n) is 2.70. The van der Waals surface area contributed by atoms with Crippen LogP contribution in [0.3, 0.4) is 0 Å². The smallest absolute Gasteiger partial charge is 0.231 e. The van der Waals surface area contributed by atoms with Crippen molar-refractivity contribution < 1.29 is 8.42 Å². The summed E-state index contributed by atoms with van der Waals surface area (Å²) >= 11 is 5.47. The molecule has 2 aromatic rings. The number of nitrogens with one attached hydrogen (secondary N) is 2. The van der Waals surface area contributed by atoms with E-state index >= 15 is 0 Å². The Labute approximate surface area is 167 Å². The Bertz CT molecular complexity index is 927. The molecule has 2 rings (SSSR count). The minimum Gasteiger partial charge on any atom is -0.356 e. The lowest BCUT2D eigenvalue weighted by atomic mass is 9.99. The van der Waals surface area contributed by atoms with Gasteiger partial charge in [-0.25, -0.2) is 8.42 Å². The minimum absolute atomic E-state index is 0.103. The van der Waals surface area contributed by atoms with Gasteiger partial charge in [-0.15, -0.1) is 0 Å². The second-order valence-corrected chi connectivity index (χ2v) is 9.11. The first-order valence-corrected chi connectivity index (χ1v) is 11.1. The van der Waals surface area contributed by atoms with Gasteiger partial charge in [0.1, 0.15) is 0 Å². The lowest BCUT2D eigenvalue weighted by Gasteiger charge is -2.22. The average Bonchev–Trinajstić information content (AvgIpc) is 2.61. The van der Waals surface area contributed by atoms with E-state index in [1.165, 1.54) is 34.3 Å². The molecule has 0 aliphatic heterocycles. The highest BCUT2D eigenvalue weighted by Gasteiger charge is 2.14. The van der Waals surface area contributed by atoms with Crippen LogP contribution in [0.15, 0.2) is 42.5 Å². The van der Waals surface area contributed by atoms with E-state index in [1.807, 2.05) is 6.07 Å². The number of benzene rings is 2. The molecule has 0 bridgehead atoms. The molecule has 1 atom stereocenters. The summed E-state index contributed by atoms with van der Waals surface area (Å²) < 4.78 is 24.7. The van der Waals surface area contributed by atoms with Gasteiger partial charge < -0.3 is 10.6 Å². The maximum absolute atomic E-state index is 11.7. The van der Waals surface area contributed by atoms with E-state index in [2.05, 4.69) is 49.6 Å². The summed E-state index contributed by atoms with van der Waals surface area (Å²) in [6, 6.07) is 13.7. The lowest BCUT2D eigenvalue weighted by molar-refractivity contribution is 0.600. The topological polar surface area (TPSA) is 61.4 Å². The third-order valence-electron chi connectivity index (χ3n) is 4.61. The molecule has 0 radical (unpaired) electrons. The number of sulfonamides is 1. The van der Waals surface area contributed by atoms with E-state index in [0.717, 1.165) is 12.1 Å². The quantitative estimate of drug-likeness (QED) is 0.708. The maximum atomic E-state index is 11.7. The zero-order chi connectivity index (χ0) is 20.2. The number of thiocarbonyl (C=S) groups is 1. The molecule has 0 fully saturated rings. The Hall–Kier alpha value is -2.12. The van der Waals surface area contributed by atoms with Crippen LogP contribution in [0.4, 0.5) is 11.4 Å². The minimum atomic E-state index is -3.31. The van der Waals surface area contributed by atoms with Crippen LogP contribution in [0.1, 0.15) is 36.1 Å². The molecule has 146 valence electrons. The van der Waals surface area contributed by atoms with E-state index in [4.69, 9.17) is 12.2 Å². The van der Waals surface area contributed by atoms with Gasteiger partial charge >= 0.3 is 0 Å². The number of aryl methyl sites for hydroxylation is 2. The first kappa shape index (κ1) is 21.2. The molecule has 0 unspecified atom stereocenters. The summed E-state index contributed by atoms with van der Waals surface area (Å²) in [7, 11) is -1.79. The third kappa shape index (κ3) is 5.68. The number of hydrogen-bond donors (Lipinski definition) is 2. The van der Waals surface area contributed by atoms with Gasteiger partial charge in [0.05, 0.1) is 18.0 Å². The number of hydrogen-bond acceptors (Lipinski definition) is 3. The maximum Gasteiger partial charge on any atom is 0.231 e. The SMILES string of the molecule is CC[C@H](NC(=S)Nc1cccc(N(C)S(C)(=O)=O)c1)c1ccc(C)c(C)c1. The van der Waals surface area contributed by atoms with E-state index in [9.17, 15) is 8.42 Å². The van der Waals surface area contributed by atoms with E-state index in [0.29, 0.717) is 10.8 Å². The van der Waals surface area contributed by atoms with Crippen LogP contribution in [-0.4, -0.2) is 26.8 Å². The number of anilines is 2. The number of nitrogens with zero attached hydrogens (tertiary/aromatic N) is 1. The van der Waals surface area contributed by atoms with E-state index in [-0.39, 0.29) is 6.04 Å². The second-order valence-electron chi connectivity index (χ2n) is 6.68. The molecule has 7 heteroatoms. The molecule has 5 nitrogen and oxygen atoms in total. The van der Waals surface area contributed by atoms with Gasteiger partial charge in [0, 0.05) is 12.7 Å². The van der Waals surface area contributed by atoms with Crippen molar-refractivity contribution in [3.05, 3.63) is 59.2 Å². The van der Waals surface area contributed by atoms with Crippen LogP contribution in [0, 0.1) is 13.8 Å².